The van der Waals surface area contributed by atoms with Crippen LogP contribution in [0.25, 0.3) is 16.9 Å². The number of nitrogens with one attached hydrogen (secondary N) is 1. The average molecular weight is 565 g/mol. The number of halogens is 2. The predicted octanol–water partition coefficient (Wildman–Crippen LogP) is 6.19. The van der Waals surface area contributed by atoms with Crippen molar-refractivity contribution in [3.05, 3.63) is 81.9 Å². The first kappa shape index (κ1) is 23.5. The van der Waals surface area contributed by atoms with Crippen molar-refractivity contribution >= 4 is 44.9 Å². The Hall–Kier alpha value is -2.90. The second kappa shape index (κ2) is 9.52. The molecular formula is C28H27BrClN5O. The van der Waals surface area contributed by atoms with E-state index in [-0.39, 0.29) is 5.41 Å². The molecule has 2 aromatic carbocycles. The molecule has 1 aliphatic carbocycles. The molecule has 0 unspecified atom stereocenters. The number of benzene rings is 2. The number of hydrogen-bond acceptors (Lipinski definition) is 4. The highest BCUT2D eigenvalue weighted by atomic mass is 79.9. The summed E-state index contributed by atoms with van der Waals surface area (Å²) >= 11 is 10.0. The first-order chi connectivity index (χ1) is 17.5. The van der Waals surface area contributed by atoms with Crippen LogP contribution in [0.15, 0.2) is 71.3 Å². The van der Waals surface area contributed by atoms with Crippen LogP contribution in [0.3, 0.4) is 0 Å². The highest BCUT2D eigenvalue weighted by Crippen LogP contribution is 2.50. The molecule has 0 bridgehead atoms. The molecule has 0 radical (unpaired) electrons. The monoisotopic (exact) mass is 563 g/mol. The Morgan fingerprint density at radius 1 is 1.08 bits per heavy atom. The summed E-state index contributed by atoms with van der Waals surface area (Å²) in [4.78, 5) is 20.3. The fourth-order valence-electron chi connectivity index (χ4n) is 5.27. The highest BCUT2D eigenvalue weighted by molar-refractivity contribution is 9.10. The highest BCUT2D eigenvalue weighted by Gasteiger charge is 2.53. The summed E-state index contributed by atoms with van der Waals surface area (Å²) in [7, 11) is 0. The van der Waals surface area contributed by atoms with Crippen molar-refractivity contribution < 1.29 is 4.79 Å². The number of amides is 1. The lowest BCUT2D eigenvalue weighted by atomic mass is 9.91. The van der Waals surface area contributed by atoms with E-state index in [0.717, 1.165) is 72.5 Å². The maximum atomic E-state index is 13.4. The molecule has 6 nitrogen and oxygen atoms in total. The Labute approximate surface area is 223 Å². The van der Waals surface area contributed by atoms with Crippen molar-refractivity contribution in [3.8, 4) is 11.3 Å². The van der Waals surface area contributed by atoms with Crippen LogP contribution in [0.4, 0.5) is 5.82 Å². The average Bonchev–Trinajstić information content (AvgIpc) is 3.65. The molecule has 3 heterocycles. The topological polar surface area (TPSA) is 62.5 Å². The van der Waals surface area contributed by atoms with Crippen LogP contribution in [-0.2, 0) is 10.2 Å². The molecule has 0 spiro atoms. The number of rotatable bonds is 6. The van der Waals surface area contributed by atoms with E-state index in [9.17, 15) is 4.79 Å². The lowest BCUT2D eigenvalue weighted by Crippen LogP contribution is -2.44. The zero-order chi connectivity index (χ0) is 24.7. The van der Waals surface area contributed by atoms with Gasteiger partial charge in [-0.15, -0.1) is 0 Å². The van der Waals surface area contributed by atoms with E-state index in [2.05, 4.69) is 43.4 Å². The zero-order valence-corrected chi connectivity index (χ0v) is 22.2. The van der Waals surface area contributed by atoms with Gasteiger partial charge in [0, 0.05) is 36.3 Å². The summed E-state index contributed by atoms with van der Waals surface area (Å²) < 4.78 is 2.65. The van der Waals surface area contributed by atoms with E-state index in [0.29, 0.717) is 16.8 Å². The van der Waals surface area contributed by atoms with Gasteiger partial charge >= 0.3 is 0 Å². The van der Waals surface area contributed by atoms with Crippen molar-refractivity contribution in [3.63, 3.8) is 0 Å². The maximum absolute atomic E-state index is 13.4. The molecule has 8 heteroatoms. The molecule has 1 saturated heterocycles. The molecule has 184 valence electrons. The van der Waals surface area contributed by atoms with Crippen LogP contribution in [-0.4, -0.2) is 45.0 Å². The minimum atomic E-state index is -0.280. The number of aromatic nitrogens is 3. The Balaban J connectivity index is 1.14. The van der Waals surface area contributed by atoms with Gasteiger partial charge in [0.2, 0.25) is 5.91 Å². The van der Waals surface area contributed by atoms with Gasteiger partial charge in [0.25, 0.3) is 0 Å². The van der Waals surface area contributed by atoms with Gasteiger partial charge in [0.05, 0.1) is 21.8 Å². The third-order valence-electron chi connectivity index (χ3n) is 7.54. The molecule has 4 aromatic rings. The summed E-state index contributed by atoms with van der Waals surface area (Å²) in [5, 5.41) is 8.77. The van der Waals surface area contributed by atoms with Gasteiger partial charge in [0.15, 0.2) is 5.65 Å². The van der Waals surface area contributed by atoms with E-state index < -0.39 is 0 Å². The van der Waals surface area contributed by atoms with Crippen molar-refractivity contribution in [1.82, 2.24) is 19.5 Å². The van der Waals surface area contributed by atoms with Gasteiger partial charge < -0.3 is 10.2 Å². The maximum Gasteiger partial charge on any atom is 0.233 e. The summed E-state index contributed by atoms with van der Waals surface area (Å²) in [6.07, 6.45) is 5.65. The zero-order valence-electron chi connectivity index (χ0n) is 19.8. The molecule has 36 heavy (non-hydrogen) atoms. The smallest absolute Gasteiger partial charge is 0.233 e. The molecule has 2 fully saturated rings. The SMILES string of the molecule is O=C(N1CCC(CNc2cc(-c3ccccc3Cl)nc3c(Br)cnn23)CC1)C1(c2ccccc2)CC1. The first-order valence-corrected chi connectivity index (χ1v) is 13.6. The van der Waals surface area contributed by atoms with E-state index in [1.165, 1.54) is 5.56 Å². The van der Waals surface area contributed by atoms with Gasteiger partial charge in [-0.05, 0) is 59.2 Å². The number of likely N-dealkylation sites (tertiary alicyclic amines) is 1. The van der Waals surface area contributed by atoms with Gasteiger partial charge in [-0.3, -0.25) is 4.79 Å². The van der Waals surface area contributed by atoms with Crippen molar-refractivity contribution in [2.24, 2.45) is 5.92 Å². The van der Waals surface area contributed by atoms with E-state index in [4.69, 9.17) is 16.6 Å². The van der Waals surface area contributed by atoms with Crippen molar-refractivity contribution in [2.45, 2.75) is 31.1 Å². The van der Waals surface area contributed by atoms with E-state index in [1.807, 2.05) is 53.0 Å². The first-order valence-electron chi connectivity index (χ1n) is 12.4. The summed E-state index contributed by atoms with van der Waals surface area (Å²) in [6.45, 7) is 2.43. The molecule has 0 atom stereocenters. The number of carbonyl (C=O) groups excluding carboxylic acids is 1. The van der Waals surface area contributed by atoms with Gasteiger partial charge in [-0.1, -0.05) is 60.1 Å². The normalized spacial score (nSPS) is 17.3. The van der Waals surface area contributed by atoms with Crippen LogP contribution in [0, 0.1) is 5.92 Å². The molecule has 2 aromatic heterocycles. The quantitative estimate of drug-likeness (QED) is 0.303. The molecule has 6 rings (SSSR count). The van der Waals surface area contributed by atoms with Gasteiger partial charge in [-0.25, -0.2) is 4.98 Å². The van der Waals surface area contributed by atoms with E-state index in [1.54, 1.807) is 6.20 Å². The Bertz CT molecular complexity index is 1410. The molecular weight excluding hydrogens is 538 g/mol. The molecule has 1 aliphatic heterocycles. The Kier molecular flexibility index (Phi) is 6.21. The third-order valence-corrected chi connectivity index (χ3v) is 8.43. The molecule has 1 amide bonds. The molecule has 2 aliphatic rings. The van der Waals surface area contributed by atoms with Gasteiger partial charge in [0.1, 0.15) is 5.82 Å². The van der Waals surface area contributed by atoms with Crippen molar-refractivity contribution in [1.29, 1.82) is 0 Å². The van der Waals surface area contributed by atoms with Gasteiger partial charge in [-0.2, -0.15) is 9.61 Å². The fraction of sp³-hybridized carbons (Fsp3) is 0.321. The number of fused-ring (bicyclic) bond motifs is 1. The van der Waals surface area contributed by atoms with Crippen molar-refractivity contribution in [2.75, 3.05) is 25.0 Å². The number of carbonyl (C=O) groups is 1. The fourth-order valence-corrected chi connectivity index (χ4v) is 5.85. The second-order valence-electron chi connectivity index (χ2n) is 9.80. The minimum Gasteiger partial charge on any atom is -0.370 e. The summed E-state index contributed by atoms with van der Waals surface area (Å²) in [5.41, 5.74) is 3.31. The minimum absolute atomic E-state index is 0.280. The van der Waals surface area contributed by atoms with E-state index >= 15 is 0 Å². The van der Waals surface area contributed by atoms with Crippen LogP contribution < -0.4 is 5.32 Å². The number of piperidine rings is 1. The van der Waals surface area contributed by atoms with Crippen LogP contribution in [0.5, 0.6) is 0 Å². The summed E-state index contributed by atoms with van der Waals surface area (Å²) in [5.74, 6) is 1.66. The molecule has 1 N–H and O–H groups in total. The Morgan fingerprint density at radius 3 is 2.53 bits per heavy atom. The van der Waals surface area contributed by atoms with Crippen LogP contribution in [0.2, 0.25) is 5.02 Å². The predicted molar refractivity (Wildman–Crippen MR) is 146 cm³/mol. The Morgan fingerprint density at radius 2 is 1.81 bits per heavy atom. The molecule has 1 saturated carbocycles. The van der Waals surface area contributed by atoms with Crippen LogP contribution >= 0.6 is 27.5 Å². The summed E-state index contributed by atoms with van der Waals surface area (Å²) in [6, 6.07) is 20.0. The standard InChI is InChI=1S/C28H27BrClN5O/c29-22-18-32-35-25(16-24(33-26(22)35)21-8-4-5-9-23(21)30)31-17-19-10-14-34(15-11-19)27(36)28(12-13-28)20-6-2-1-3-7-20/h1-9,16,18-19,31H,10-15,17H2. The lowest BCUT2D eigenvalue weighted by molar-refractivity contribution is -0.135. The largest absolute Gasteiger partial charge is 0.370 e. The second-order valence-corrected chi connectivity index (χ2v) is 11.1. The van der Waals surface area contributed by atoms with Crippen LogP contribution in [0.1, 0.15) is 31.2 Å². The third kappa shape index (κ3) is 4.28. The number of anilines is 1. The number of nitrogens with zero attached hydrogens (tertiary/aromatic N) is 4. The number of hydrogen-bond donors (Lipinski definition) is 1. The lowest BCUT2D eigenvalue weighted by Gasteiger charge is -2.34.